The first kappa shape index (κ1) is 11.7. The molecule has 0 bridgehead atoms. The number of aliphatic hydroxyl groups is 1. The van der Waals surface area contributed by atoms with Gasteiger partial charge in [0.2, 0.25) is 0 Å². The Morgan fingerprint density at radius 3 is 2.69 bits per heavy atom. The number of azide groups is 1. The molecule has 0 spiro atoms. The Hall–Kier alpha value is -1.30. The predicted octanol–water partition coefficient (Wildman–Crippen LogP) is -0.150. The number of hydrogen-bond donors (Lipinski definition) is 3. The summed E-state index contributed by atoms with van der Waals surface area (Å²) >= 11 is 0. The molecule has 2 atom stereocenters. The summed E-state index contributed by atoms with van der Waals surface area (Å²) in [6.07, 6.45) is -0.0944. The highest BCUT2D eigenvalue weighted by atomic mass is 16.4. The molecule has 7 heteroatoms. The molecule has 0 rings (SSSR count). The Morgan fingerprint density at radius 1 is 1.85 bits per heavy atom. The third-order valence-corrected chi connectivity index (χ3v) is 1.60. The molecule has 0 saturated carbocycles. The van der Waals surface area contributed by atoms with Crippen LogP contribution in [0.3, 0.4) is 0 Å². The van der Waals surface area contributed by atoms with Crippen LogP contribution in [0.2, 0.25) is 0 Å². The first-order chi connectivity index (χ1) is 5.95. The minimum atomic E-state index is -1.19. The highest BCUT2D eigenvalue weighted by molar-refractivity contribution is 5.73. The van der Waals surface area contributed by atoms with Crippen LogP contribution in [0.25, 0.3) is 10.4 Å². The lowest BCUT2D eigenvalue weighted by atomic mass is 9.95. The maximum absolute atomic E-state index is 10.4. The van der Waals surface area contributed by atoms with E-state index in [-0.39, 0.29) is 6.42 Å². The normalized spacial score (nSPS) is 16.8. The van der Waals surface area contributed by atoms with Crippen molar-refractivity contribution in [1.29, 1.82) is 0 Å². The van der Waals surface area contributed by atoms with E-state index in [9.17, 15) is 4.79 Å². The fraction of sp³-hybridized carbons (Fsp3) is 0.833. The van der Waals surface area contributed by atoms with E-state index in [0.717, 1.165) is 0 Å². The molecule has 0 unspecified atom stereocenters. The van der Waals surface area contributed by atoms with Crippen molar-refractivity contribution in [3.8, 4) is 0 Å². The second-order valence-electron chi connectivity index (χ2n) is 2.99. The fourth-order valence-electron chi connectivity index (χ4n) is 0.806. The van der Waals surface area contributed by atoms with Crippen LogP contribution in [0, 0.1) is 0 Å². The minimum absolute atomic E-state index is 0.0944. The number of aliphatic carboxylic acids is 1. The first-order valence-electron chi connectivity index (χ1n) is 3.60. The fourth-order valence-corrected chi connectivity index (χ4v) is 0.806. The van der Waals surface area contributed by atoms with Crippen molar-refractivity contribution in [1.82, 2.24) is 0 Å². The van der Waals surface area contributed by atoms with Gasteiger partial charge in [-0.15, -0.1) is 0 Å². The molecule has 0 radical (unpaired) electrons. The number of carboxylic acids is 1. The lowest BCUT2D eigenvalue weighted by molar-refractivity contribution is -0.139. The van der Waals surface area contributed by atoms with E-state index in [2.05, 4.69) is 10.0 Å². The lowest BCUT2D eigenvalue weighted by Crippen LogP contribution is -2.40. The number of carboxylic acid groups (broad SMARTS) is 1. The molecule has 7 nitrogen and oxygen atoms in total. The second kappa shape index (κ2) is 4.66. The summed E-state index contributed by atoms with van der Waals surface area (Å²) in [5.74, 6) is -1.19. The summed E-state index contributed by atoms with van der Waals surface area (Å²) in [5, 5.41) is 20.6. The summed E-state index contributed by atoms with van der Waals surface area (Å²) in [5.41, 5.74) is 12.2. The van der Waals surface area contributed by atoms with Gasteiger partial charge in [-0.25, -0.2) is 0 Å². The van der Waals surface area contributed by atoms with E-state index in [0.29, 0.717) is 0 Å². The van der Waals surface area contributed by atoms with Gasteiger partial charge in [0.25, 0.3) is 0 Å². The summed E-state index contributed by atoms with van der Waals surface area (Å²) in [4.78, 5) is 12.9. The van der Waals surface area contributed by atoms with Crippen LogP contribution < -0.4 is 5.73 Å². The summed E-state index contributed by atoms with van der Waals surface area (Å²) in [7, 11) is 0. The molecule has 0 aliphatic rings. The zero-order valence-corrected chi connectivity index (χ0v) is 7.21. The van der Waals surface area contributed by atoms with Gasteiger partial charge in [0.1, 0.15) is 6.04 Å². The zero-order chi connectivity index (χ0) is 10.5. The van der Waals surface area contributed by atoms with E-state index >= 15 is 0 Å². The maximum atomic E-state index is 10.4. The second-order valence-corrected chi connectivity index (χ2v) is 2.99. The molecule has 74 valence electrons. The van der Waals surface area contributed by atoms with Crippen LogP contribution in [-0.4, -0.2) is 34.4 Å². The molecule has 0 saturated heterocycles. The number of hydrogen-bond acceptors (Lipinski definition) is 4. The highest BCUT2D eigenvalue weighted by Crippen LogP contribution is 2.16. The average molecular weight is 188 g/mol. The Labute approximate surface area is 74.8 Å². The van der Waals surface area contributed by atoms with Gasteiger partial charge in [-0.1, -0.05) is 12.0 Å². The van der Waals surface area contributed by atoms with E-state index in [4.69, 9.17) is 21.5 Å². The standard InChI is InChI=1S/C6H12N4O3/c1-6(3-11,9-10-8)2-4(7)5(12)13/h4,11H,2-3,7H2,1H3,(H,12,13)/t4-,6-/m0/s1. The number of nitrogens with two attached hydrogens (primary N) is 1. The molecular formula is C6H12N4O3. The van der Waals surface area contributed by atoms with Crippen molar-refractivity contribution >= 4 is 5.97 Å². The average Bonchev–Trinajstić information content (AvgIpc) is 2.04. The zero-order valence-electron chi connectivity index (χ0n) is 7.21. The Bertz CT molecular complexity index is 238. The van der Waals surface area contributed by atoms with Gasteiger partial charge in [-0.05, 0) is 12.0 Å². The Morgan fingerprint density at radius 2 is 2.38 bits per heavy atom. The largest absolute Gasteiger partial charge is 0.480 e. The lowest BCUT2D eigenvalue weighted by Gasteiger charge is -2.22. The Balaban J connectivity index is 4.43. The van der Waals surface area contributed by atoms with Gasteiger partial charge < -0.3 is 15.9 Å². The number of carbonyl (C=O) groups is 1. The van der Waals surface area contributed by atoms with Crippen molar-refractivity contribution in [2.45, 2.75) is 24.9 Å². The van der Waals surface area contributed by atoms with Crippen molar-refractivity contribution in [3.05, 3.63) is 10.4 Å². The molecule has 0 aromatic heterocycles. The van der Waals surface area contributed by atoms with Crippen LogP contribution in [0.5, 0.6) is 0 Å². The summed E-state index contributed by atoms with van der Waals surface area (Å²) < 4.78 is 0. The third-order valence-electron chi connectivity index (χ3n) is 1.60. The molecule has 0 aromatic rings. The summed E-state index contributed by atoms with van der Waals surface area (Å²) in [6.45, 7) is 1.01. The van der Waals surface area contributed by atoms with E-state index in [1.165, 1.54) is 6.92 Å². The molecular weight excluding hydrogens is 176 g/mol. The van der Waals surface area contributed by atoms with Crippen LogP contribution in [-0.2, 0) is 4.79 Å². The van der Waals surface area contributed by atoms with Crippen LogP contribution in [0.4, 0.5) is 0 Å². The number of nitrogens with zero attached hydrogens (tertiary/aromatic N) is 3. The third kappa shape index (κ3) is 3.75. The SMILES string of the molecule is C[C@@](CO)(C[C@H](N)C(=O)O)N=[N+]=[N-]. The highest BCUT2D eigenvalue weighted by Gasteiger charge is 2.27. The van der Waals surface area contributed by atoms with Crippen LogP contribution >= 0.6 is 0 Å². The molecule has 0 fully saturated rings. The smallest absolute Gasteiger partial charge is 0.320 e. The number of rotatable bonds is 5. The molecule has 0 aliphatic heterocycles. The van der Waals surface area contributed by atoms with Crippen molar-refractivity contribution in [2.75, 3.05) is 6.61 Å². The van der Waals surface area contributed by atoms with Gasteiger partial charge in [-0.3, -0.25) is 4.79 Å². The van der Waals surface area contributed by atoms with Crippen molar-refractivity contribution < 1.29 is 15.0 Å². The predicted molar refractivity (Wildman–Crippen MR) is 44.9 cm³/mol. The molecule has 0 heterocycles. The quantitative estimate of drug-likeness (QED) is 0.314. The van der Waals surface area contributed by atoms with Crippen LogP contribution in [0.1, 0.15) is 13.3 Å². The molecule has 0 amide bonds. The van der Waals surface area contributed by atoms with Gasteiger partial charge >= 0.3 is 5.97 Å². The molecule has 13 heavy (non-hydrogen) atoms. The number of aliphatic hydroxyl groups excluding tert-OH is 1. The van der Waals surface area contributed by atoms with Gasteiger partial charge in [0, 0.05) is 4.91 Å². The monoisotopic (exact) mass is 188 g/mol. The van der Waals surface area contributed by atoms with E-state index < -0.39 is 24.2 Å². The van der Waals surface area contributed by atoms with Gasteiger partial charge in [0.05, 0.1) is 12.1 Å². The van der Waals surface area contributed by atoms with Crippen molar-refractivity contribution in [2.24, 2.45) is 10.8 Å². The molecule has 0 aromatic carbocycles. The van der Waals surface area contributed by atoms with E-state index in [1.807, 2.05) is 0 Å². The minimum Gasteiger partial charge on any atom is -0.480 e. The van der Waals surface area contributed by atoms with E-state index in [1.54, 1.807) is 0 Å². The maximum Gasteiger partial charge on any atom is 0.320 e. The van der Waals surface area contributed by atoms with Gasteiger partial charge in [-0.2, -0.15) is 0 Å². The topological polar surface area (TPSA) is 132 Å². The van der Waals surface area contributed by atoms with Crippen LogP contribution in [0.15, 0.2) is 5.11 Å². The first-order valence-corrected chi connectivity index (χ1v) is 3.60. The molecule has 4 N–H and O–H groups in total. The Kier molecular flexibility index (Phi) is 4.19. The van der Waals surface area contributed by atoms with Crippen molar-refractivity contribution in [3.63, 3.8) is 0 Å². The molecule has 0 aliphatic carbocycles. The summed E-state index contributed by atoms with van der Waals surface area (Å²) in [6, 6.07) is -1.14. The van der Waals surface area contributed by atoms with Gasteiger partial charge in [0.15, 0.2) is 0 Å².